The normalized spacial score (nSPS) is 22.9. The Morgan fingerprint density at radius 3 is 2.89 bits per heavy atom. The molecule has 3 aromatic rings. The SMILES string of the molecule is CC[C@@]1(O)C(=O)OCc2c1cc1n(c2=O)C(F)c2cc3ccccc3nc2-1. The molecule has 2 atom stereocenters. The fourth-order valence-corrected chi connectivity index (χ4v) is 3.94. The predicted molar refractivity (Wildman–Crippen MR) is 94.7 cm³/mol. The van der Waals surface area contributed by atoms with Crippen LogP contribution in [0, 0.1) is 0 Å². The zero-order valence-electron chi connectivity index (χ0n) is 14.4. The first kappa shape index (κ1) is 16.1. The summed E-state index contributed by atoms with van der Waals surface area (Å²) in [5, 5.41) is 11.6. The van der Waals surface area contributed by atoms with Crippen LogP contribution in [0.25, 0.3) is 22.3 Å². The van der Waals surface area contributed by atoms with Gasteiger partial charge in [0.2, 0.25) is 6.30 Å². The topological polar surface area (TPSA) is 81.4 Å². The summed E-state index contributed by atoms with van der Waals surface area (Å²) in [7, 11) is 0. The van der Waals surface area contributed by atoms with Gasteiger partial charge in [-0.2, -0.15) is 0 Å². The first-order valence-corrected chi connectivity index (χ1v) is 8.68. The molecule has 1 N–H and O–H groups in total. The number of aromatic nitrogens is 2. The van der Waals surface area contributed by atoms with E-state index < -0.39 is 23.4 Å². The molecule has 0 fully saturated rings. The van der Waals surface area contributed by atoms with Crippen LogP contribution in [-0.2, 0) is 21.7 Å². The highest BCUT2D eigenvalue weighted by Crippen LogP contribution is 2.42. The van der Waals surface area contributed by atoms with E-state index in [0.717, 1.165) is 9.95 Å². The van der Waals surface area contributed by atoms with Crippen molar-refractivity contribution in [3.8, 4) is 11.4 Å². The van der Waals surface area contributed by atoms with Crippen molar-refractivity contribution in [1.82, 2.24) is 9.55 Å². The van der Waals surface area contributed by atoms with E-state index in [4.69, 9.17) is 4.74 Å². The number of fused-ring (bicyclic) bond motifs is 5. The smallest absolute Gasteiger partial charge is 0.343 e. The Balaban J connectivity index is 1.85. The maximum absolute atomic E-state index is 15.2. The van der Waals surface area contributed by atoms with Crippen LogP contribution in [0.5, 0.6) is 0 Å². The van der Waals surface area contributed by atoms with Crippen molar-refractivity contribution in [2.24, 2.45) is 0 Å². The number of carbonyl (C=O) groups excluding carboxylic acids is 1. The van der Waals surface area contributed by atoms with Gasteiger partial charge in [0, 0.05) is 16.5 Å². The molecule has 0 amide bonds. The average Bonchev–Trinajstić information content (AvgIpc) is 2.95. The monoisotopic (exact) mass is 366 g/mol. The molecule has 0 spiro atoms. The van der Waals surface area contributed by atoms with Crippen molar-refractivity contribution in [3.05, 3.63) is 63.4 Å². The van der Waals surface area contributed by atoms with Crippen molar-refractivity contribution in [2.45, 2.75) is 31.8 Å². The summed E-state index contributed by atoms with van der Waals surface area (Å²) in [6.07, 6.45) is -1.64. The van der Waals surface area contributed by atoms with Gasteiger partial charge in [-0.1, -0.05) is 25.1 Å². The van der Waals surface area contributed by atoms with Crippen LogP contribution in [0.3, 0.4) is 0 Å². The molecule has 2 aliphatic heterocycles. The van der Waals surface area contributed by atoms with E-state index in [1.807, 2.05) is 24.3 Å². The number of alkyl halides is 1. The number of hydrogen-bond donors (Lipinski definition) is 1. The highest BCUT2D eigenvalue weighted by molar-refractivity contribution is 5.86. The van der Waals surface area contributed by atoms with Gasteiger partial charge in [-0.05, 0) is 24.6 Å². The zero-order chi connectivity index (χ0) is 18.9. The second-order valence-corrected chi connectivity index (χ2v) is 6.84. The lowest BCUT2D eigenvalue weighted by Crippen LogP contribution is -2.44. The highest BCUT2D eigenvalue weighted by atomic mass is 19.1. The average molecular weight is 366 g/mol. The summed E-state index contributed by atoms with van der Waals surface area (Å²) in [5.74, 6) is -0.802. The van der Waals surface area contributed by atoms with Crippen molar-refractivity contribution >= 4 is 16.9 Å². The van der Waals surface area contributed by atoms with Crippen LogP contribution in [0.1, 0.15) is 36.3 Å². The number of esters is 1. The third-order valence-electron chi connectivity index (χ3n) is 5.46. The summed E-state index contributed by atoms with van der Waals surface area (Å²) >= 11 is 0. The number of hydrogen-bond acceptors (Lipinski definition) is 5. The molecule has 2 aromatic heterocycles. The first-order chi connectivity index (χ1) is 13.0. The van der Waals surface area contributed by atoms with Gasteiger partial charge in [-0.25, -0.2) is 14.2 Å². The van der Waals surface area contributed by atoms with E-state index in [2.05, 4.69) is 4.98 Å². The highest BCUT2D eigenvalue weighted by Gasteiger charge is 2.46. The number of para-hydroxylation sites is 1. The predicted octanol–water partition coefficient (Wildman–Crippen LogP) is 2.55. The molecule has 0 saturated carbocycles. The van der Waals surface area contributed by atoms with Crippen molar-refractivity contribution in [3.63, 3.8) is 0 Å². The molecule has 1 unspecified atom stereocenters. The maximum atomic E-state index is 15.2. The summed E-state index contributed by atoms with van der Waals surface area (Å²) in [5.41, 5.74) is -0.695. The van der Waals surface area contributed by atoms with Crippen molar-refractivity contribution in [1.29, 1.82) is 0 Å². The van der Waals surface area contributed by atoms with Crippen molar-refractivity contribution in [2.75, 3.05) is 0 Å². The third-order valence-corrected chi connectivity index (χ3v) is 5.46. The zero-order valence-corrected chi connectivity index (χ0v) is 14.4. The van der Waals surface area contributed by atoms with Crippen LogP contribution < -0.4 is 5.56 Å². The van der Waals surface area contributed by atoms with E-state index >= 15 is 4.39 Å². The quantitative estimate of drug-likeness (QED) is 0.670. The number of benzene rings is 1. The van der Waals surface area contributed by atoms with E-state index in [-0.39, 0.29) is 29.8 Å². The summed E-state index contributed by atoms with van der Waals surface area (Å²) in [6.45, 7) is 1.34. The van der Waals surface area contributed by atoms with Gasteiger partial charge in [0.25, 0.3) is 5.56 Å². The molecular formula is C20H15FN2O4. The number of halogens is 1. The molecule has 2 aliphatic rings. The van der Waals surface area contributed by atoms with Gasteiger partial charge in [-0.15, -0.1) is 0 Å². The Hall–Kier alpha value is -3.06. The van der Waals surface area contributed by atoms with E-state index in [0.29, 0.717) is 16.8 Å². The molecule has 0 aliphatic carbocycles. The minimum absolute atomic E-state index is 0.0405. The molecule has 0 saturated heterocycles. The number of ether oxygens (including phenoxy) is 1. The maximum Gasteiger partial charge on any atom is 0.343 e. The van der Waals surface area contributed by atoms with Crippen LogP contribution in [0.4, 0.5) is 4.39 Å². The molecular weight excluding hydrogens is 351 g/mol. The molecule has 1 aromatic carbocycles. The summed E-state index contributed by atoms with van der Waals surface area (Å²) in [4.78, 5) is 29.6. The lowest BCUT2D eigenvalue weighted by molar-refractivity contribution is -0.172. The Bertz CT molecular complexity index is 1200. The minimum atomic E-state index is -1.92. The lowest BCUT2D eigenvalue weighted by Gasteiger charge is -2.31. The van der Waals surface area contributed by atoms with Gasteiger partial charge in [0.1, 0.15) is 6.61 Å². The van der Waals surface area contributed by atoms with E-state index in [1.54, 1.807) is 13.0 Å². The van der Waals surface area contributed by atoms with E-state index in [9.17, 15) is 14.7 Å². The number of rotatable bonds is 1. The first-order valence-electron chi connectivity index (χ1n) is 8.68. The van der Waals surface area contributed by atoms with Crippen LogP contribution in [0.15, 0.2) is 41.2 Å². The molecule has 7 heteroatoms. The molecule has 4 heterocycles. The molecule has 0 radical (unpaired) electrons. The van der Waals surface area contributed by atoms with Crippen molar-refractivity contribution < 1.29 is 19.0 Å². The number of nitrogens with zero attached hydrogens (tertiary/aromatic N) is 2. The molecule has 27 heavy (non-hydrogen) atoms. The van der Waals surface area contributed by atoms with E-state index in [1.165, 1.54) is 6.07 Å². The fraction of sp³-hybridized carbons (Fsp3) is 0.250. The second-order valence-electron chi connectivity index (χ2n) is 6.84. The molecule has 0 bridgehead atoms. The molecule has 5 rings (SSSR count). The Morgan fingerprint density at radius 1 is 1.33 bits per heavy atom. The summed E-state index contributed by atoms with van der Waals surface area (Å²) in [6, 6.07) is 10.5. The van der Waals surface area contributed by atoms with Gasteiger partial charge < -0.3 is 9.84 Å². The standard InChI is InChI=1S/C20H15FN2O4/c1-2-20(26)13-8-15-16-11(7-10-5-3-4-6-14(10)22-16)17(21)23(15)18(24)12(13)9-27-19(20)25/h3-8,17,26H,2,9H2,1H3/t17?,20-/m0/s1. The van der Waals surface area contributed by atoms with Crippen LogP contribution in [0.2, 0.25) is 0 Å². The second kappa shape index (κ2) is 5.23. The minimum Gasteiger partial charge on any atom is -0.458 e. The Kier molecular flexibility index (Phi) is 3.13. The summed E-state index contributed by atoms with van der Waals surface area (Å²) < 4.78 is 21.2. The van der Waals surface area contributed by atoms with Gasteiger partial charge in [0.15, 0.2) is 5.60 Å². The Labute approximate surface area is 152 Å². The lowest BCUT2D eigenvalue weighted by atomic mass is 9.86. The van der Waals surface area contributed by atoms with Gasteiger partial charge in [-0.3, -0.25) is 9.36 Å². The third kappa shape index (κ3) is 1.94. The fourth-order valence-electron chi connectivity index (χ4n) is 3.94. The molecule has 6 nitrogen and oxygen atoms in total. The number of aliphatic hydroxyl groups is 1. The largest absolute Gasteiger partial charge is 0.458 e. The molecule has 136 valence electrons. The van der Waals surface area contributed by atoms with Gasteiger partial charge >= 0.3 is 5.97 Å². The van der Waals surface area contributed by atoms with Crippen LogP contribution in [-0.4, -0.2) is 20.6 Å². The number of pyridine rings is 2. The van der Waals surface area contributed by atoms with Crippen LogP contribution >= 0.6 is 0 Å². The number of cyclic esters (lactones) is 1. The van der Waals surface area contributed by atoms with Gasteiger partial charge in [0.05, 0.1) is 22.5 Å². The Morgan fingerprint density at radius 2 is 2.11 bits per heavy atom. The number of carbonyl (C=O) groups is 1.